The highest BCUT2D eigenvalue weighted by Crippen LogP contribution is 2.30. The summed E-state index contributed by atoms with van der Waals surface area (Å²) in [5.74, 6) is -2.25. The van der Waals surface area contributed by atoms with E-state index in [2.05, 4.69) is 10.6 Å². The third-order valence-electron chi connectivity index (χ3n) is 6.44. The molecule has 0 unspecified atom stereocenters. The molecule has 0 atom stereocenters. The van der Waals surface area contributed by atoms with Gasteiger partial charge in [0, 0.05) is 31.3 Å². The van der Waals surface area contributed by atoms with Crippen LogP contribution in [0.15, 0.2) is 36.4 Å². The predicted molar refractivity (Wildman–Crippen MR) is 124 cm³/mol. The Bertz CT molecular complexity index is 1120. The number of benzene rings is 2. The molecular weight excluding hydrogens is 460 g/mol. The van der Waals surface area contributed by atoms with Crippen LogP contribution in [0.25, 0.3) is 0 Å². The van der Waals surface area contributed by atoms with Gasteiger partial charge < -0.3 is 25.4 Å². The van der Waals surface area contributed by atoms with Crippen LogP contribution < -0.4 is 10.6 Å². The van der Waals surface area contributed by atoms with Gasteiger partial charge in [-0.15, -0.1) is 0 Å². The van der Waals surface area contributed by atoms with Crippen LogP contribution in [0.1, 0.15) is 43.2 Å². The molecule has 0 radical (unpaired) electrons. The van der Waals surface area contributed by atoms with Gasteiger partial charge in [0.1, 0.15) is 17.7 Å². The van der Waals surface area contributed by atoms with Crippen LogP contribution in [0.5, 0.6) is 0 Å². The first-order valence-corrected chi connectivity index (χ1v) is 11.6. The van der Waals surface area contributed by atoms with Crippen molar-refractivity contribution in [2.45, 2.75) is 51.2 Å². The van der Waals surface area contributed by atoms with E-state index in [0.717, 1.165) is 36.1 Å². The zero-order valence-electron chi connectivity index (χ0n) is 19.1. The Morgan fingerprint density at radius 3 is 2.49 bits per heavy atom. The molecule has 3 amide bonds. The van der Waals surface area contributed by atoms with E-state index >= 15 is 0 Å². The summed E-state index contributed by atoms with van der Waals surface area (Å²) in [7, 11) is 0. The highest BCUT2D eigenvalue weighted by atomic mass is 19.1. The van der Waals surface area contributed by atoms with Gasteiger partial charge >= 0.3 is 18.1 Å². The fourth-order valence-electron chi connectivity index (χ4n) is 4.58. The van der Waals surface area contributed by atoms with Crippen molar-refractivity contribution in [2.24, 2.45) is 5.92 Å². The van der Waals surface area contributed by atoms with Gasteiger partial charge in [0.05, 0.1) is 5.69 Å². The van der Waals surface area contributed by atoms with Crippen LogP contribution in [0, 0.1) is 17.6 Å². The molecule has 1 heterocycles. The van der Waals surface area contributed by atoms with E-state index in [0.29, 0.717) is 44.1 Å². The number of nitrogens with zero attached hydrogens (tertiary/aromatic N) is 1. The number of rotatable bonds is 5. The number of aliphatic carboxylic acids is 1. The number of halogens is 2. The lowest BCUT2D eigenvalue weighted by Crippen LogP contribution is -2.39. The summed E-state index contributed by atoms with van der Waals surface area (Å²) in [5, 5.41) is 13.9. The van der Waals surface area contributed by atoms with E-state index in [1.807, 2.05) is 12.1 Å². The van der Waals surface area contributed by atoms with Crippen molar-refractivity contribution < 1.29 is 33.0 Å². The molecule has 2 aromatic rings. The molecule has 2 aliphatic rings. The van der Waals surface area contributed by atoms with Crippen molar-refractivity contribution in [3.63, 3.8) is 0 Å². The summed E-state index contributed by atoms with van der Waals surface area (Å²) in [6, 6.07) is 7.55. The van der Waals surface area contributed by atoms with Crippen LogP contribution in [0.4, 0.5) is 29.7 Å². The number of hydrogen-bond acceptors (Lipinski definition) is 4. The van der Waals surface area contributed by atoms with Gasteiger partial charge in [-0.3, -0.25) is 4.79 Å². The fraction of sp³-hybridized carbons (Fsp3) is 0.400. The fourth-order valence-corrected chi connectivity index (χ4v) is 4.58. The summed E-state index contributed by atoms with van der Waals surface area (Å²) in [6.07, 6.45) is 3.00. The molecule has 1 aliphatic carbocycles. The van der Waals surface area contributed by atoms with E-state index < -0.39 is 23.6 Å². The molecule has 1 fully saturated rings. The van der Waals surface area contributed by atoms with Gasteiger partial charge in [0.25, 0.3) is 0 Å². The molecular formula is C25H27F2N3O5. The number of urea groups is 1. The van der Waals surface area contributed by atoms with Gasteiger partial charge in [-0.05, 0) is 73.4 Å². The van der Waals surface area contributed by atoms with Crippen LogP contribution in [0.2, 0.25) is 0 Å². The SMILES string of the molecule is O=C(O)C[C@H]1CC[C@H](OC(=O)N2CCc3cc(NC(=O)Nc4ccc(F)cc4F)ccc3C2)CC1. The number of hydrogen-bond donors (Lipinski definition) is 3. The second-order valence-corrected chi connectivity index (χ2v) is 8.98. The summed E-state index contributed by atoms with van der Waals surface area (Å²) in [6.45, 7) is 0.854. The maximum absolute atomic E-state index is 13.7. The zero-order chi connectivity index (χ0) is 24.9. The Morgan fingerprint density at radius 2 is 1.77 bits per heavy atom. The molecule has 35 heavy (non-hydrogen) atoms. The van der Waals surface area contributed by atoms with Gasteiger partial charge in [-0.1, -0.05) is 6.07 Å². The molecule has 3 N–H and O–H groups in total. The number of carboxylic acids is 1. The first-order chi connectivity index (χ1) is 16.8. The number of carbonyl (C=O) groups is 3. The van der Waals surface area contributed by atoms with Crippen molar-refractivity contribution in [1.29, 1.82) is 0 Å². The van der Waals surface area contributed by atoms with Gasteiger partial charge in [-0.2, -0.15) is 0 Å². The highest BCUT2D eigenvalue weighted by molar-refractivity contribution is 5.99. The predicted octanol–water partition coefficient (Wildman–Crippen LogP) is 5.14. The number of nitrogens with one attached hydrogen (secondary N) is 2. The molecule has 1 saturated carbocycles. The largest absolute Gasteiger partial charge is 0.481 e. The average molecular weight is 488 g/mol. The smallest absolute Gasteiger partial charge is 0.410 e. The summed E-state index contributed by atoms with van der Waals surface area (Å²) >= 11 is 0. The highest BCUT2D eigenvalue weighted by Gasteiger charge is 2.28. The minimum absolute atomic E-state index is 0.133. The van der Waals surface area contributed by atoms with Crippen molar-refractivity contribution in [3.05, 3.63) is 59.2 Å². The Balaban J connectivity index is 1.28. The number of ether oxygens (including phenoxy) is 1. The third kappa shape index (κ3) is 6.46. The van der Waals surface area contributed by atoms with Crippen molar-refractivity contribution in [2.75, 3.05) is 17.2 Å². The molecule has 4 rings (SSSR count). The van der Waals surface area contributed by atoms with Crippen molar-refractivity contribution in [3.8, 4) is 0 Å². The zero-order valence-corrected chi connectivity index (χ0v) is 19.1. The van der Waals surface area contributed by atoms with E-state index in [4.69, 9.17) is 9.84 Å². The standard InChI is InChI=1S/C25H27F2N3O5/c26-18-4-8-22(21(27)13-18)29-24(33)28-19-5-3-17-14-30(10-9-16(17)12-19)25(34)35-20-6-1-15(2-7-20)11-23(31)32/h3-5,8,12-13,15,20H,1-2,6-7,9-11,14H2,(H,31,32)(H2,28,29,33)/t15-,20-. The molecule has 0 aromatic heterocycles. The van der Waals surface area contributed by atoms with E-state index in [1.165, 1.54) is 0 Å². The summed E-state index contributed by atoms with van der Waals surface area (Å²) in [5.41, 5.74) is 2.30. The molecule has 1 aliphatic heterocycles. The van der Waals surface area contributed by atoms with Crippen LogP contribution in [-0.4, -0.2) is 40.7 Å². The van der Waals surface area contributed by atoms with E-state index in [1.54, 1.807) is 11.0 Å². The van der Waals surface area contributed by atoms with Crippen LogP contribution in [0.3, 0.4) is 0 Å². The normalized spacial score (nSPS) is 19.4. The topological polar surface area (TPSA) is 108 Å². The second kappa shape index (κ2) is 10.7. The first-order valence-electron chi connectivity index (χ1n) is 11.6. The Hall–Kier alpha value is -3.69. The number of amides is 3. The molecule has 8 nitrogen and oxygen atoms in total. The Morgan fingerprint density at radius 1 is 1.00 bits per heavy atom. The maximum Gasteiger partial charge on any atom is 0.410 e. The second-order valence-electron chi connectivity index (χ2n) is 8.98. The van der Waals surface area contributed by atoms with Gasteiger partial charge in [-0.25, -0.2) is 18.4 Å². The maximum atomic E-state index is 13.7. The van der Waals surface area contributed by atoms with Crippen molar-refractivity contribution in [1.82, 2.24) is 4.90 Å². The van der Waals surface area contributed by atoms with Crippen LogP contribution >= 0.6 is 0 Å². The van der Waals surface area contributed by atoms with Gasteiger partial charge in [0.15, 0.2) is 0 Å². The summed E-state index contributed by atoms with van der Waals surface area (Å²) in [4.78, 5) is 37.4. The summed E-state index contributed by atoms with van der Waals surface area (Å²) < 4.78 is 32.4. The minimum Gasteiger partial charge on any atom is -0.481 e. The van der Waals surface area contributed by atoms with E-state index in [9.17, 15) is 23.2 Å². The lowest BCUT2D eigenvalue weighted by molar-refractivity contribution is -0.138. The number of fused-ring (bicyclic) bond motifs is 1. The Kier molecular flexibility index (Phi) is 7.48. The molecule has 10 heteroatoms. The van der Waals surface area contributed by atoms with E-state index in [-0.39, 0.29) is 30.2 Å². The minimum atomic E-state index is -0.870. The molecule has 0 bridgehead atoms. The third-order valence-corrected chi connectivity index (χ3v) is 6.44. The lowest BCUT2D eigenvalue weighted by atomic mass is 9.85. The molecule has 0 spiro atoms. The lowest BCUT2D eigenvalue weighted by Gasteiger charge is -2.32. The number of carboxylic acid groups (broad SMARTS) is 1. The number of anilines is 2. The monoisotopic (exact) mass is 487 g/mol. The molecule has 0 saturated heterocycles. The van der Waals surface area contributed by atoms with Crippen LogP contribution in [-0.2, 0) is 22.5 Å². The molecule has 2 aromatic carbocycles. The molecule has 186 valence electrons. The Labute approximate surface area is 201 Å². The number of carbonyl (C=O) groups excluding carboxylic acids is 2. The first kappa shape index (κ1) is 24.4. The van der Waals surface area contributed by atoms with Gasteiger partial charge in [0.2, 0.25) is 0 Å². The average Bonchev–Trinajstić information content (AvgIpc) is 2.81. The quantitative estimate of drug-likeness (QED) is 0.542. The van der Waals surface area contributed by atoms with Crippen molar-refractivity contribution >= 4 is 29.5 Å².